The molecule has 2 N–H and O–H groups in total. The molecule has 0 aliphatic carbocycles. The molecule has 0 bridgehead atoms. The summed E-state index contributed by atoms with van der Waals surface area (Å²) in [6, 6.07) is 5.43. The van der Waals surface area contributed by atoms with Crippen LogP contribution in [0.5, 0.6) is 0 Å². The summed E-state index contributed by atoms with van der Waals surface area (Å²) in [6.07, 6.45) is -2.88. The van der Waals surface area contributed by atoms with Gasteiger partial charge in [0.05, 0.1) is 17.5 Å². The molecular weight excluding hydrogens is 255 g/mol. The van der Waals surface area contributed by atoms with Crippen LogP contribution in [-0.4, -0.2) is 9.55 Å². The Balaban J connectivity index is 2.63. The van der Waals surface area contributed by atoms with Crippen molar-refractivity contribution in [1.82, 2.24) is 9.55 Å². The van der Waals surface area contributed by atoms with E-state index in [4.69, 9.17) is 5.73 Å². The highest BCUT2D eigenvalue weighted by Crippen LogP contribution is 2.36. The van der Waals surface area contributed by atoms with Crippen molar-refractivity contribution >= 4 is 0 Å². The smallest absolute Gasteiger partial charge is 0.327 e. The highest BCUT2D eigenvalue weighted by molar-refractivity contribution is 5.62. The molecule has 0 unspecified atom stereocenters. The third-order valence-electron chi connectivity index (χ3n) is 2.94. The molecular formula is C13H14F3N3. The average Bonchev–Trinajstić information content (AvgIpc) is 2.80. The Bertz CT molecular complexity index is 573. The molecule has 1 aromatic heterocycles. The predicted molar refractivity (Wildman–Crippen MR) is 66.2 cm³/mol. The van der Waals surface area contributed by atoms with Crippen molar-refractivity contribution in [2.24, 2.45) is 5.73 Å². The van der Waals surface area contributed by atoms with Crippen LogP contribution in [0.3, 0.4) is 0 Å². The SMILES string of the molecule is CCn1c(CN)cnc1-c1ccccc1C(F)(F)F. The molecule has 1 heterocycles. The van der Waals surface area contributed by atoms with E-state index in [2.05, 4.69) is 4.98 Å². The fourth-order valence-electron chi connectivity index (χ4n) is 2.07. The second-order valence-corrected chi connectivity index (χ2v) is 4.06. The van der Waals surface area contributed by atoms with Crippen LogP contribution in [-0.2, 0) is 19.3 Å². The van der Waals surface area contributed by atoms with E-state index in [0.717, 1.165) is 11.8 Å². The minimum Gasteiger partial charge on any atom is -0.327 e. The van der Waals surface area contributed by atoms with Gasteiger partial charge >= 0.3 is 6.18 Å². The lowest BCUT2D eigenvalue weighted by Gasteiger charge is -2.14. The summed E-state index contributed by atoms with van der Waals surface area (Å²) in [6.45, 7) is 2.61. The first-order valence-electron chi connectivity index (χ1n) is 5.90. The molecule has 2 aromatic rings. The van der Waals surface area contributed by atoms with Crippen molar-refractivity contribution in [2.45, 2.75) is 26.2 Å². The number of hydrogen-bond donors (Lipinski definition) is 1. The molecule has 0 atom stereocenters. The molecule has 0 saturated heterocycles. The second-order valence-electron chi connectivity index (χ2n) is 4.06. The second kappa shape index (κ2) is 5.05. The van der Waals surface area contributed by atoms with Gasteiger partial charge in [0.1, 0.15) is 5.82 Å². The highest BCUT2D eigenvalue weighted by atomic mass is 19.4. The Morgan fingerprint density at radius 1 is 1.26 bits per heavy atom. The molecule has 6 heteroatoms. The van der Waals surface area contributed by atoms with Crippen LogP contribution >= 0.6 is 0 Å². The van der Waals surface area contributed by atoms with Gasteiger partial charge in [-0.2, -0.15) is 13.2 Å². The molecule has 2 rings (SSSR count). The first-order valence-corrected chi connectivity index (χ1v) is 5.90. The normalized spacial score (nSPS) is 11.8. The summed E-state index contributed by atoms with van der Waals surface area (Å²) in [5.41, 5.74) is 5.67. The number of halogens is 3. The molecule has 19 heavy (non-hydrogen) atoms. The first-order chi connectivity index (χ1) is 8.99. The van der Waals surface area contributed by atoms with Gasteiger partial charge in [-0.25, -0.2) is 4.98 Å². The van der Waals surface area contributed by atoms with Gasteiger partial charge in [-0.05, 0) is 13.0 Å². The number of rotatable bonds is 3. The van der Waals surface area contributed by atoms with Crippen molar-refractivity contribution in [3.8, 4) is 11.4 Å². The molecule has 0 fully saturated rings. The lowest BCUT2D eigenvalue weighted by molar-refractivity contribution is -0.137. The van der Waals surface area contributed by atoms with E-state index in [1.165, 1.54) is 18.3 Å². The predicted octanol–water partition coefficient (Wildman–Crippen LogP) is 3.05. The minimum atomic E-state index is -4.40. The maximum absolute atomic E-state index is 13.0. The van der Waals surface area contributed by atoms with Gasteiger partial charge in [0.2, 0.25) is 0 Å². The monoisotopic (exact) mass is 269 g/mol. The highest BCUT2D eigenvalue weighted by Gasteiger charge is 2.34. The van der Waals surface area contributed by atoms with Crippen LogP contribution in [0.15, 0.2) is 30.5 Å². The summed E-state index contributed by atoms with van der Waals surface area (Å²) in [4.78, 5) is 4.09. The molecule has 0 aliphatic rings. The lowest BCUT2D eigenvalue weighted by Crippen LogP contribution is -2.11. The molecule has 0 aliphatic heterocycles. The van der Waals surface area contributed by atoms with E-state index in [1.54, 1.807) is 10.6 Å². The molecule has 102 valence electrons. The molecule has 0 saturated carbocycles. The van der Waals surface area contributed by atoms with E-state index >= 15 is 0 Å². The fourth-order valence-corrected chi connectivity index (χ4v) is 2.07. The Hall–Kier alpha value is -1.82. The van der Waals surface area contributed by atoms with E-state index in [1.807, 2.05) is 6.92 Å². The van der Waals surface area contributed by atoms with Crippen LogP contribution in [0.25, 0.3) is 11.4 Å². The van der Waals surface area contributed by atoms with Crippen molar-refractivity contribution < 1.29 is 13.2 Å². The van der Waals surface area contributed by atoms with Crippen molar-refractivity contribution in [3.63, 3.8) is 0 Å². The van der Waals surface area contributed by atoms with Gasteiger partial charge in [0.15, 0.2) is 0 Å². The Labute approximate surface area is 108 Å². The van der Waals surface area contributed by atoms with E-state index in [0.29, 0.717) is 12.4 Å². The third kappa shape index (κ3) is 2.49. The topological polar surface area (TPSA) is 43.8 Å². The number of benzene rings is 1. The number of hydrogen-bond acceptors (Lipinski definition) is 2. The zero-order valence-electron chi connectivity index (χ0n) is 10.4. The fraction of sp³-hybridized carbons (Fsp3) is 0.308. The average molecular weight is 269 g/mol. The Kier molecular flexibility index (Phi) is 3.61. The largest absolute Gasteiger partial charge is 0.417 e. The number of aromatic nitrogens is 2. The first kappa shape index (κ1) is 13.6. The minimum absolute atomic E-state index is 0.0801. The maximum atomic E-state index is 13.0. The van der Waals surface area contributed by atoms with Gasteiger partial charge in [-0.3, -0.25) is 0 Å². The maximum Gasteiger partial charge on any atom is 0.417 e. The summed E-state index contributed by atoms with van der Waals surface area (Å²) >= 11 is 0. The van der Waals surface area contributed by atoms with Crippen molar-refractivity contribution in [3.05, 3.63) is 41.7 Å². The van der Waals surface area contributed by atoms with Crippen molar-refractivity contribution in [2.75, 3.05) is 0 Å². The number of alkyl halides is 3. The van der Waals surface area contributed by atoms with Gasteiger partial charge in [-0.15, -0.1) is 0 Å². The van der Waals surface area contributed by atoms with Crippen LogP contribution in [0.4, 0.5) is 13.2 Å². The quantitative estimate of drug-likeness (QED) is 0.930. The summed E-state index contributed by atoms with van der Waals surface area (Å²) in [7, 11) is 0. The van der Waals surface area contributed by atoms with Gasteiger partial charge < -0.3 is 10.3 Å². The van der Waals surface area contributed by atoms with E-state index in [9.17, 15) is 13.2 Å². The Morgan fingerprint density at radius 3 is 2.53 bits per heavy atom. The molecule has 3 nitrogen and oxygen atoms in total. The summed E-state index contributed by atoms with van der Waals surface area (Å²) < 4.78 is 40.7. The molecule has 0 radical (unpaired) electrons. The van der Waals surface area contributed by atoms with Crippen LogP contribution in [0.1, 0.15) is 18.2 Å². The van der Waals surface area contributed by atoms with Crippen LogP contribution in [0, 0.1) is 0 Å². The Morgan fingerprint density at radius 2 is 1.95 bits per heavy atom. The van der Waals surface area contributed by atoms with Gasteiger partial charge in [0.25, 0.3) is 0 Å². The zero-order valence-corrected chi connectivity index (χ0v) is 10.4. The van der Waals surface area contributed by atoms with Gasteiger partial charge in [-0.1, -0.05) is 18.2 Å². The summed E-state index contributed by atoms with van der Waals surface area (Å²) in [5.74, 6) is 0.302. The van der Waals surface area contributed by atoms with E-state index < -0.39 is 11.7 Å². The number of imidazole rings is 1. The molecule has 0 amide bonds. The van der Waals surface area contributed by atoms with E-state index in [-0.39, 0.29) is 12.1 Å². The number of nitrogens with zero attached hydrogens (tertiary/aromatic N) is 2. The standard InChI is InChI=1S/C13H14F3N3/c1-2-19-9(7-17)8-18-12(19)10-5-3-4-6-11(10)13(14,15)16/h3-6,8H,2,7,17H2,1H3. The van der Waals surface area contributed by atoms with Crippen LogP contribution in [0.2, 0.25) is 0 Å². The van der Waals surface area contributed by atoms with Crippen molar-refractivity contribution in [1.29, 1.82) is 0 Å². The zero-order chi connectivity index (χ0) is 14.0. The number of nitrogens with two attached hydrogens (primary N) is 1. The molecule has 0 spiro atoms. The third-order valence-corrected chi connectivity index (χ3v) is 2.94. The molecule has 1 aromatic carbocycles. The van der Waals surface area contributed by atoms with Gasteiger partial charge in [0, 0.05) is 18.7 Å². The lowest BCUT2D eigenvalue weighted by atomic mass is 10.1. The van der Waals surface area contributed by atoms with Crippen LogP contribution < -0.4 is 5.73 Å². The summed E-state index contributed by atoms with van der Waals surface area (Å²) in [5, 5.41) is 0.